The lowest BCUT2D eigenvalue weighted by molar-refractivity contribution is -0.402. The van der Waals surface area contributed by atoms with E-state index in [1.165, 1.54) is 68.5 Å². The molecule has 9 rings (SSSR count). The predicted octanol–water partition coefficient (Wildman–Crippen LogP) is -5.34. The van der Waals surface area contributed by atoms with Crippen LogP contribution in [0.5, 0.6) is 28.7 Å². The lowest BCUT2D eigenvalue weighted by Gasteiger charge is -2.50. The molecule has 17 N–H and O–H groups in total. The fourth-order valence-corrected chi connectivity index (χ4v) is 10.1. The van der Waals surface area contributed by atoms with Gasteiger partial charge in [-0.3, -0.25) is 9.68 Å². The van der Waals surface area contributed by atoms with Gasteiger partial charge in [0, 0.05) is 23.8 Å². The molecule has 32 nitrogen and oxygen atoms in total. The molecule has 5 fully saturated rings. The molecule has 0 spiro atoms. The molecule has 86 heavy (non-hydrogen) atoms. The second-order valence-corrected chi connectivity index (χ2v) is 20.9. The summed E-state index contributed by atoms with van der Waals surface area (Å²) in [6.07, 6.45) is -46.2. The third kappa shape index (κ3) is 13.6. The number of hydrogen-bond acceptors (Lipinski definition) is 32. The maximum atomic E-state index is 15.1. The first-order chi connectivity index (χ1) is 40.9. The number of aliphatic hydroxyl groups excluding tert-OH is 14. The molecule has 6 heterocycles. The maximum Gasteiger partial charge on any atom is 0.365 e. The predicted molar refractivity (Wildman–Crippen MR) is 277 cm³/mol. The summed E-state index contributed by atoms with van der Waals surface area (Å²) in [6.45, 7) is -0.213. The third-order valence-corrected chi connectivity index (χ3v) is 15.0. The molecular weight excluding hydrogens is 1160 g/mol. The molecule has 5 saturated heterocycles. The first-order valence-electron chi connectivity index (χ1n) is 26.8. The van der Waals surface area contributed by atoms with E-state index in [-0.39, 0.29) is 22.8 Å². The normalized spacial score (nSPS) is 38.6. The van der Waals surface area contributed by atoms with E-state index in [1.54, 1.807) is 0 Å². The van der Waals surface area contributed by atoms with Gasteiger partial charge >= 0.3 is 5.97 Å². The highest BCUT2D eigenvalue weighted by atomic mass is 17.2. The smallest absolute Gasteiger partial charge is 0.365 e. The van der Waals surface area contributed by atoms with Crippen LogP contribution in [0.15, 0.2) is 76.0 Å². The molecule has 0 aliphatic carbocycles. The van der Waals surface area contributed by atoms with Gasteiger partial charge in [-0.25, -0.2) is 4.79 Å². The number of fused-ring (bicyclic) bond motifs is 1. The van der Waals surface area contributed by atoms with E-state index in [0.29, 0.717) is 5.56 Å². The van der Waals surface area contributed by atoms with Crippen molar-refractivity contribution >= 4 is 23.0 Å². The Labute approximate surface area is 484 Å². The molecule has 5 aliphatic rings. The topological polar surface area (TPSA) is 502 Å². The number of hydrogen-bond donors (Lipinski definition) is 17. The van der Waals surface area contributed by atoms with Gasteiger partial charge in [0.1, 0.15) is 144 Å². The molecule has 474 valence electrons. The Morgan fingerprint density at radius 3 is 1.58 bits per heavy atom. The van der Waals surface area contributed by atoms with Gasteiger partial charge in [0.2, 0.25) is 23.8 Å². The number of carbonyl (C=O) groups excluding carboxylic acids is 1. The van der Waals surface area contributed by atoms with Crippen molar-refractivity contribution in [2.75, 3.05) is 19.8 Å². The van der Waals surface area contributed by atoms with Crippen molar-refractivity contribution in [3.63, 3.8) is 0 Å². The van der Waals surface area contributed by atoms with Gasteiger partial charge in [-0.05, 0) is 61.9 Å². The number of phenols is 3. The minimum absolute atomic E-state index is 0.0370. The lowest BCUT2D eigenvalue weighted by atomic mass is 9.95. The highest BCUT2D eigenvalue weighted by Gasteiger charge is 2.57. The van der Waals surface area contributed by atoms with Gasteiger partial charge < -0.3 is 139 Å². The highest BCUT2D eigenvalue weighted by Crippen LogP contribution is 2.42. The molecule has 0 saturated carbocycles. The highest BCUT2D eigenvalue weighted by molar-refractivity contribution is 5.88. The Balaban J connectivity index is 1.12. The van der Waals surface area contributed by atoms with Crippen LogP contribution in [0.4, 0.5) is 0 Å². The molecular formula is C54H66O32. The van der Waals surface area contributed by atoms with Crippen LogP contribution in [0.25, 0.3) is 28.4 Å². The first-order valence-corrected chi connectivity index (χ1v) is 26.8. The van der Waals surface area contributed by atoms with Crippen molar-refractivity contribution < 1.29 is 153 Å². The van der Waals surface area contributed by atoms with Crippen LogP contribution in [0.3, 0.4) is 0 Å². The Morgan fingerprint density at radius 1 is 0.523 bits per heavy atom. The number of carbonyl (C=O) groups is 1. The third-order valence-electron chi connectivity index (χ3n) is 15.0. The Morgan fingerprint density at radius 2 is 1.01 bits per heavy atom. The van der Waals surface area contributed by atoms with Crippen molar-refractivity contribution in [3.8, 4) is 40.1 Å². The van der Waals surface area contributed by atoms with Crippen LogP contribution < -0.4 is 14.9 Å². The van der Waals surface area contributed by atoms with Crippen molar-refractivity contribution in [1.29, 1.82) is 0 Å². The average Bonchev–Trinajstić information content (AvgIpc) is 1.12. The lowest BCUT2D eigenvalue weighted by Crippen LogP contribution is -2.68. The van der Waals surface area contributed by atoms with Gasteiger partial charge in [0.05, 0.1) is 25.4 Å². The monoisotopic (exact) mass is 1230 g/mol. The van der Waals surface area contributed by atoms with E-state index in [4.69, 9.17) is 61.6 Å². The van der Waals surface area contributed by atoms with E-state index in [1.807, 2.05) is 0 Å². The molecule has 5 aliphatic heterocycles. The molecule has 0 bridgehead atoms. The van der Waals surface area contributed by atoms with Crippen LogP contribution in [0.2, 0.25) is 0 Å². The standard InChI is InChI=1S/C54H66O32/c1-18-32(61)37(66)41(70)50(75-18)77-24-13-25(59)31-26(14-24)78-46(21-6-10-23(58)11-7-21)47(36(31)65)83-54-49(85-52-43(72)39(68)34(63)28(16-56)80-52)48(45(19(2)76-54)82-51-42(71)38(67)33(62)27(15-55)79-51)84-53-44(73)40(69)35(64)29(81-53)17-74-86-30(60)12-5-20-3-8-22(57)9-4-20/h3-14,18-19,27-29,32-35,37-45,48-59,61-64,66-73H,15-17H2,1-2H3/b12-5+/t18-,19-,27+,28+,29+,32-,33+,34+,35+,37+,38-,39-,40-,41+,42+,43+,44+,45-,48+,49+,50-,51-,52-,53-,54-/m0/s1. The van der Waals surface area contributed by atoms with Crippen LogP contribution >= 0.6 is 0 Å². The number of benzene rings is 3. The SMILES string of the molecule is C[C@@H]1O[C@@H](Oc2cc(O)c3c(=O)c(O[C@@H]4O[C@@H](C)[C@H](O[C@@H]5O[C@H](CO)[C@@H](O)[C@H](O)[C@H]5O)[C@@H](O[C@@H]5O[C@H](COOC(=O)/C=C/c6ccc(O)cc6)[C@@H](O)[C@H](O)[C@H]5O)[C@H]4O[C@@H]4O[C@H](CO)[C@@H](O)[C@H](O)[C@H]4O)c(-c4ccc(O)cc4)oc3c2)[C@H](O)[C@H](O)[C@H]1O. The molecule has 0 amide bonds. The van der Waals surface area contributed by atoms with Gasteiger partial charge in [-0.2, -0.15) is 4.89 Å². The zero-order valence-corrected chi connectivity index (χ0v) is 45.2. The molecule has 3 aromatic carbocycles. The van der Waals surface area contributed by atoms with Crippen LogP contribution in [0, 0.1) is 0 Å². The zero-order chi connectivity index (χ0) is 62.2. The minimum atomic E-state index is -2.28. The molecule has 0 radical (unpaired) electrons. The van der Waals surface area contributed by atoms with Crippen molar-refractivity contribution in [2.45, 2.75) is 167 Å². The minimum Gasteiger partial charge on any atom is -0.508 e. The number of phenolic OH excluding ortho intramolecular Hbond substituents is 3. The summed E-state index contributed by atoms with van der Waals surface area (Å²) in [7, 11) is 0. The van der Waals surface area contributed by atoms with E-state index >= 15 is 4.79 Å². The summed E-state index contributed by atoms with van der Waals surface area (Å²) >= 11 is 0. The van der Waals surface area contributed by atoms with Crippen molar-refractivity contribution in [3.05, 3.63) is 82.5 Å². The fraction of sp³-hybridized carbons (Fsp3) is 0.556. The van der Waals surface area contributed by atoms with Crippen LogP contribution in [-0.2, 0) is 52.5 Å². The second-order valence-electron chi connectivity index (χ2n) is 20.9. The maximum absolute atomic E-state index is 15.1. The Kier molecular flexibility index (Phi) is 20.5. The van der Waals surface area contributed by atoms with Gasteiger partial charge in [-0.15, -0.1) is 0 Å². The quantitative estimate of drug-likeness (QED) is 0.0251. The molecule has 25 atom stereocenters. The number of rotatable bonds is 18. The van der Waals surface area contributed by atoms with E-state index < -0.39 is 213 Å². The van der Waals surface area contributed by atoms with E-state index in [2.05, 4.69) is 0 Å². The number of aliphatic hydroxyl groups is 14. The summed E-state index contributed by atoms with van der Waals surface area (Å²) in [5, 5.41) is 182. The van der Waals surface area contributed by atoms with E-state index in [0.717, 1.165) is 18.2 Å². The zero-order valence-electron chi connectivity index (χ0n) is 45.2. The summed E-state index contributed by atoms with van der Waals surface area (Å²) in [5.41, 5.74) is -1.22. The Bertz CT molecular complexity index is 3000. The molecule has 4 aromatic rings. The fourth-order valence-electron chi connectivity index (χ4n) is 10.1. The number of aromatic hydroxyl groups is 3. The first kappa shape index (κ1) is 64.6. The van der Waals surface area contributed by atoms with Crippen molar-refractivity contribution in [1.82, 2.24) is 0 Å². The summed E-state index contributed by atoms with van der Waals surface area (Å²) < 4.78 is 66.5. The van der Waals surface area contributed by atoms with Crippen LogP contribution in [-0.4, -0.2) is 266 Å². The largest absolute Gasteiger partial charge is 0.508 e. The van der Waals surface area contributed by atoms with E-state index in [9.17, 15) is 91.6 Å². The van der Waals surface area contributed by atoms with Crippen LogP contribution in [0.1, 0.15) is 19.4 Å². The number of ether oxygens (including phenoxy) is 10. The second kappa shape index (κ2) is 27.3. The summed E-state index contributed by atoms with van der Waals surface area (Å²) in [5.74, 6) is -3.95. The van der Waals surface area contributed by atoms with Crippen molar-refractivity contribution in [2.24, 2.45) is 0 Å². The molecule has 1 aromatic heterocycles. The molecule has 0 unspecified atom stereocenters. The average molecular weight is 1230 g/mol. The summed E-state index contributed by atoms with van der Waals surface area (Å²) in [4.78, 5) is 37.5. The Hall–Kier alpha value is -5.84. The van der Waals surface area contributed by atoms with Gasteiger partial charge in [0.15, 0.2) is 30.7 Å². The van der Waals surface area contributed by atoms with Gasteiger partial charge in [0.25, 0.3) is 0 Å². The molecule has 32 heteroatoms. The van der Waals surface area contributed by atoms with Gasteiger partial charge in [-0.1, -0.05) is 12.1 Å². The summed E-state index contributed by atoms with van der Waals surface area (Å²) in [6, 6.07) is 12.5.